The van der Waals surface area contributed by atoms with Crippen molar-refractivity contribution in [2.75, 3.05) is 0 Å². The van der Waals surface area contributed by atoms with Gasteiger partial charge in [0.2, 0.25) is 11.7 Å². The molecule has 0 unspecified atom stereocenters. The third-order valence-corrected chi connectivity index (χ3v) is 5.44. The number of H-pyrrole nitrogens is 1. The highest BCUT2D eigenvalue weighted by molar-refractivity contribution is 14.1. The van der Waals surface area contributed by atoms with E-state index in [9.17, 15) is 14.7 Å². The van der Waals surface area contributed by atoms with Crippen LogP contribution in [0.25, 0.3) is 17.3 Å². The number of halogens is 2. The molecule has 1 aliphatic carbocycles. The van der Waals surface area contributed by atoms with Gasteiger partial charge in [0.15, 0.2) is 0 Å². The molecule has 0 saturated carbocycles. The van der Waals surface area contributed by atoms with Crippen LogP contribution in [0.3, 0.4) is 0 Å². The monoisotopic (exact) mass is 535 g/mol. The molecule has 0 radical (unpaired) electrons. The van der Waals surface area contributed by atoms with Crippen molar-refractivity contribution in [3.63, 3.8) is 0 Å². The van der Waals surface area contributed by atoms with Crippen LogP contribution in [0.1, 0.15) is 21.6 Å². The van der Waals surface area contributed by atoms with Gasteiger partial charge in [-0.05, 0) is 86.6 Å². The van der Waals surface area contributed by atoms with E-state index in [1.54, 1.807) is 36.4 Å². The number of benzene rings is 1. The molecule has 0 atom stereocenters. The highest BCUT2D eigenvalue weighted by Crippen LogP contribution is 2.33. The van der Waals surface area contributed by atoms with Gasteiger partial charge in [0.05, 0.1) is 10.2 Å². The first-order valence-electron chi connectivity index (χ1n) is 7.84. The Morgan fingerprint density at radius 2 is 1.93 bits per heavy atom. The molecule has 0 spiro atoms. The number of nitrogens with zero attached hydrogens (tertiary/aromatic N) is 2. The molecule has 1 aliphatic rings. The lowest BCUT2D eigenvalue weighted by molar-refractivity contribution is 0.103. The quantitative estimate of drug-likeness (QED) is 0.487. The maximum absolute atomic E-state index is 12.4. The molecule has 0 saturated heterocycles. The van der Waals surface area contributed by atoms with E-state index in [-0.39, 0.29) is 17.2 Å². The van der Waals surface area contributed by atoms with Gasteiger partial charge in [-0.2, -0.15) is 0 Å². The number of Topliss-reactive ketones (excluding diaryl/α,β-unsaturated/α-hetero) is 1. The van der Waals surface area contributed by atoms with Crippen LogP contribution in [0.15, 0.2) is 57.9 Å². The predicted octanol–water partition coefficient (Wildman–Crippen LogP) is 3.89. The second-order valence-corrected chi connectivity index (χ2v) is 7.91. The average molecular weight is 536 g/mol. The number of fused-ring (bicyclic) bond motifs is 1. The lowest BCUT2D eigenvalue weighted by Gasteiger charge is -2.14. The average Bonchev–Trinajstić information content (AvgIpc) is 2.94. The molecule has 1 aromatic carbocycles. The number of pyridine rings is 1. The van der Waals surface area contributed by atoms with Crippen molar-refractivity contribution in [1.82, 2.24) is 14.8 Å². The number of aromatic amines is 1. The first kappa shape index (κ1) is 17.9. The largest absolute Gasteiger partial charge is 0.493 e. The molecular weight excluding hydrogens is 525 g/mol. The Morgan fingerprint density at radius 3 is 2.67 bits per heavy atom. The summed E-state index contributed by atoms with van der Waals surface area (Å²) in [7, 11) is 0. The number of ketones is 1. The number of aromatic hydroxyl groups is 1. The third-order valence-electron chi connectivity index (χ3n) is 4.13. The van der Waals surface area contributed by atoms with E-state index < -0.39 is 5.56 Å². The van der Waals surface area contributed by atoms with Gasteiger partial charge in [-0.15, -0.1) is 0 Å². The zero-order valence-corrected chi connectivity index (χ0v) is 17.4. The summed E-state index contributed by atoms with van der Waals surface area (Å²) >= 11 is 5.42. The SMILES string of the molecule is O=C1C(Br)=C/C(=C\c2c(O)n(-c3ccc(I)cc3)[nH]c2=O)c2cccnc21. The fraction of sp³-hybridized carbons (Fsp3) is 0. The highest BCUT2D eigenvalue weighted by atomic mass is 127. The van der Waals surface area contributed by atoms with Crippen molar-refractivity contribution in [2.45, 2.75) is 0 Å². The van der Waals surface area contributed by atoms with Gasteiger partial charge in [-0.3, -0.25) is 19.7 Å². The van der Waals surface area contributed by atoms with Crippen LogP contribution in [0, 0.1) is 3.57 Å². The smallest absolute Gasteiger partial charge is 0.275 e. The summed E-state index contributed by atoms with van der Waals surface area (Å²) in [6, 6.07) is 10.8. The molecular formula is C19H11BrIN3O3. The zero-order valence-electron chi connectivity index (χ0n) is 13.6. The topological polar surface area (TPSA) is 88.0 Å². The number of hydrogen-bond donors (Lipinski definition) is 2. The summed E-state index contributed by atoms with van der Waals surface area (Å²) in [6.45, 7) is 0. The van der Waals surface area contributed by atoms with Crippen LogP contribution in [-0.2, 0) is 0 Å². The Kier molecular flexibility index (Phi) is 4.60. The molecule has 0 bridgehead atoms. The van der Waals surface area contributed by atoms with Crippen molar-refractivity contribution in [2.24, 2.45) is 0 Å². The maximum atomic E-state index is 12.4. The van der Waals surface area contributed by atoms with Crippen molar-refractivity contribution in [3.8, 4) is 11.6 Å². The standard InChI is InChI=1S/C19H11BrIN3O3/c20-15-9-10(13-2-1-7-22-16(13)17(15)25)8-14-18(26)23-24(19(14)27)12-5-3-11(21)4-6-12/h1-9,27H,(H,23,26)/b10-8+. The number of carbonyl (C=O) groups excluding carboxylic acids is 1. The van der Waals surface area contributed by atoms with Gasteiger partial charge in [-0.1, -0.05) is 6.07 Å². The molecule has 6 nitrogen and oxygen atoms in total. The van der Waals surface area contributed by atoms with E-state index in [0.29, 0.717) is 27.0 Å². The normalized spacial score (nSPS) is 15.0. The Balaban J connectivity index is 1.87. The number of allylic oxidation sites excluding steroid dienone is 3. The van der Waals surface area contributed by atoms with Gasteiger partial charge >= 0.3 is 0 Å². The Bertz CT molecular complexity index is 1190. The van der Waals surface area contributed by atoms with Crippen LogP contribution < -0.4 is 5.56 Å². The van der Waals surface area contributed by atoms with Gasteiger partial charge in [-0.25, -0.2) is 4.68 Å². The van der Waals surface area contributed by atoms with Gasteiger partial charge in [0.25, 0.3) is 5.56 Å². The number of nitrogens with one attached hydrogen (secondary N) is 1. The van der Waals surface area contributed by atoms with Gasteiger partial charge < -0.3 is 5.11 Å². The maximum Gasteiger partial charge on any atom is 0.275 e. The van der Waals surface area contributed by atoms with E-state index in [1.165, 1.54) is 10.9 Å². The predicted molar refractivity (Wildman–Crippen MR) is 114 cm³/mol. The summed E-state index contributed by atoms with van der Waals surface area (Å²) < 4.78 is 2.70. The first-order chi connectivity index (χ1) is 13.0. The minimum atomic E-state index is -0.439. The molecule has 4 rings (SSSR count). The summed E-state index contributed by atoms with van der Waals surface area (Å²) in [5, 5.41) is 13.2. The lowest BCUT2D eigenvalue weighted by Crippen LogP contribution is -2.11. The van der Waals surface area contributed by atoms with Gasteiger partial charge in [0, 0.05) is 15.3 Å². The molecule has 134 valence electrons. The van der Waals surface area contributed by atoms with Crippen LogP contribution in [0.4, 0.5) is 0 Å². The second-order valence-electron chi connectivity index (χ2n) is 5.81. The Labute approximate surface area is 175 Å². The number of hydrogen-bond acceptors (Lipinski definition) is 4. The molecule has 0 fully saturated rings. The molecule has 2 N–H and O–H groups in total. The van der Waals surface area contributed by atoms with E-state index in [2.05, 4.69) is 48.6 Å². The van der Waals surface area contributed by atoms with Crippen LogP contribution in [-0.4, -0.2) is 25.7 Å². The van der Waals surface area contributed by atoms with E-state index in [4.69, 9.17) is 0 Å². The fourth-order valence-corrected chi connectivity index (χ4v) is 3.62. The van der Waals surface area contributed by atoms with E-state index >= 15 is 0 Å². The molecule has 0 aliphatic heterocycles. The summed E-state index contributed by atoms with van der Waals surface area (Å²) in [4.78, 5) is 28.8. The van der Waals surface area contributed by atoms with Crippen LogP contribution in [0.2, 0.25) is 0 Å². The summed E-state index contributed by atoms with van der Waals surface area (Å²) in [5.41, 5.74) is 1.80. The van der Waals surface area contributed by atoms with Crippen molar-refractivity contribution in [3.05, 3.63) is 83.9 Å². The molecule has 3 aromatic rings. The minimum Gasteiger partial charge on any atom is -0.493 e. The summed E-state index contributed by atoms with van der Waals surface area (Å²) in [6.07, 6.45) is 4.70. The Hall–Kier alpha value is -2.46. The van der Waals surface area contributed by atoms with Crippen molar-refractivity contribution in [1.29, 1.82) is 0 Å². The fourth-order valence-electron chi connectivity index (χ4n) is 2.83. The van der Waals surface area contributed by atoms with E-state index in [0.717, 1.165) is 3.57 Å². The molecule has 0 amide bonds. The third kappa shape index (κ3) is 3.19. The van der Waals surface area contributed by atoms with Crippen molar-refractivity contribution < 1.29 is 9.90 Å². The van der Waals surface area contributed by atoms with Crippen LogP contribution in [0.5, 0.6) is 5.88 Å². The van der Waals surface area contributed by atoms with Crippen molar-refractivity contribution >= 4 is 56.0 Å². The van der Waals surface area contributed by atoms with Gasteiger partial charge in [0.1, 0.15) is 11.3 Å². The van der Waals surface area contributed by atoms with E-state index in [1.807, 2.05) is 12.1 Å². The Morgan fingerprint density at radius 1 is 1.19 bits per heavy atom. The summed E-state index contributed by atoms with van der Waals surface area (Å²) in [5.74, 6) is -0.432. The highest BCUT2D eigenvalue weighted by Gasteiger charge is 2.24. The number of aromatic nitrogens is 3. The zero-order chi connectivity index (χ0) is 19.1. The minimum absolute atomic E-state index is 0.101. The number of carbonyl (C=O) groups is 1. The van der Waals surface area contributed by atoms with Crippen LogP contribution >= 0.6 is 38.5 Å². The first-order valence-corrected chi connectivity index (χ1v) is 9.72. The lowest BCUT2D eigenvalue weighted by atomic mass is 9.94. The molecule has 2 aromatic heterocycles. The molecule has 2 heterocycles. The molecule has 8 heteroatoms. The molecule has 27 heavy (non-hydrogen) atoms. The number of rotatable bonds is 2. The second kappa shape index (κ2) is 6.93.